The summed E-state index contributed by atoms with van der Waals surface area (Å²) < 4.78 is 32.5. The summed E-state index contributed by atoms with van der Waals surface area (Å²) in [5.41, 5.74) is -0.622. The quantitative estimate of drug-likeness (QED) is 0.790. The highest BCUT2D eigenvalue weighted by molar-refractivity contribution is 7.90. The Balaban J connectivity index is 2.79. The van der Waals surface area contributed by atoms with E-state index in [-0.39, 0.29) is 11.2 Å². The Bertz CT molecular complexity index is 431. The van der Waals surface area contributed by atoms with E-state index in [1.807, 2.05) is 13.8 Å². The summed E-state index contributed by atoms with van der Waals surface area (Å²) in [6.07, 6.45) is 3.22. The van der Waals surface area contributed by atoms with Crippen LogP contribution in [-0.4, -0.2) is 31.3 Å². The second-order valence-corrected chi connectivity index (χ2v) is 8.82. The predicted molar refractivity (Wildman–Crippen MR) is 78.8 cm³/mol. The molecule has 0 saturated heterocycles. The molecule has 1 fully saturated rings. The van der Waals surface area contributed by atoms with Gasteiger partial charge in [0.25, 0.3) is 0 Å². The fourth-order valence-electron chi connectivity index (χ4n) is 2.29. The third-order valence-corrected chi connectivity index (χ3v) is 5.29. The molecule has 1 saturated carbocycles. The van der Waals surface area contributed by atoms with Crippen LogP contribution in [0.2, 0.25) is 0 Å². The Morgan fingerprint density at radius 3 is 2.10 bits per heavy atom. The lowest BCUT2D eigenvalue weighted by molar-refractivity contribution is -0.158. The molecule has 1 atom stereocenters. The van der Waals surface area contributed by atoms with E-state index in [0.29, 0.717) is 12.8 Å². The molecule has 0 heterocycles. The average molecular weight is 305 g/mol. The van der Waals surface area contributed by atoms with Crippen LogP contribution in [0.25, 0.3) is 0 Å². The predicted octanol–water partition coefficient (Wildman–Crippen LogP) is 2.21. The first-order chi connectivity index (χ1) is 9.03. The minimum atomic E-state index is -3.46. The number of hydrogen-bond donors (Lipinski definition) is 1. The van der Waals surface area contributed by atoms with E-state index in [2.05, 4.69) is 4.72 Å². The number of ether oxygens (including phenoxy) is 1. The molecule has 0 bridgehead atoms. The van der Waals surface area contributed by atoms with Crippen molar-refractivity contribution in [1.29, 1.82) is 0 Å². The summed E-state index contributed by atoms with van der Waals surface area (Å²) >= 11 is 0. The van der Waals surface area contributed by atoms with Gasteiger partial charge in [-0.25, -0.2) is 13.1 Å². The molecule has 0 radical (unpaired) electrons. The molecular weight excluding hydrogens is 278 g/mol. The van der Waals surface area contributed by atoms with E-state index >= 15 is 0 Å². The molecule has 0 spiro atoms. The number of sulfonamides is 1. The van der Waals surface area contributed by atoms with Gasteiger partial charge < -0.3 is 4.74 Å². The summed E-state index contributed by atoms with van der Waals surface area (Å²) in [6, 6.07) is -0.820. The standard InChI is InChI=1S/C14H27NO4S/c1-10(2)12(13(16)19-14(3,4)5)15-20(17,18)11-8-6-7-9-11/h10-12,15H,6-9H2,1-5H3/t12-/m0/s1. The Labute approximate surface area is 122 Å². The van der Waals surface area contributed by atoms with Crippen LogP contribution >= 0.6 is 0 Å². The van der Waals surface area contributed by atoms with Gasteiger partial charge >= 0.3 is 5.97 Å². The molecule has 1 aliphatic carbocycles. The van der Waals surface area contributed by atoms with Crippen LogP contribution in [0.15, 0.2) is 0 Å². The van der Waals surface area contributed by atoms with Crippen molar-refractivity contribution >= 4 is 16.0 Å². The second kappa shape index (κ2) is 6.43. The molecule has 0 amide bonds. The van der Waals surface area contributed by atoms with Crippen LogP contribution in [0.1, 0.15) is 60.3 Å². The van der Waals surface area contributed by atoms with E-state index < -0.39 is 27.6 Å². The number of rotatable bonds is 5. The fourth-order valence-corrected chi connectivity index (χ4v) is 4.16. The van der Waals surface area contributed by atoms with Gasteiger partial charge in [0.05, 0.1) is 5.25 Å². The van der Waals surface area contributed by atoms with Gasteiger partial charge in [-0.2, -0.15) is 0 Å². The van der Waals surface area contributed by atoms with Gasteiger partial charge in [-0.15, -0.1) is 0 Å². The highest BCUT2D eigenvalue weighted by atomic mass is 32.2. The molecule has 1 rings (SSSR count). The topological polar surface area (TPSA) is 72.5 Å². The van der Waals surface area contributed by atoms with Crippen LogP contribution in [-0.2, 0) is 19.6 Å². The smallest absolute Gasteiger partial charge is 0.324 e. The number of carbonyl (C=O) groups excluding carboxylic acids is 1. The zero-order chi connectivity index (χ0) is 15.6. The minimum Gasteiger partial charge on any atom is -0.459 e. The van der Waals surface area contributed by atoms with Gasteiger partial charge in [0, 0.05) is 0 Å². The molecule has 0 unspecified atom stereocenters. The molecule has 118 valence electrons. The fraction of sp³-hybridized carbons (Fsp3) is 0.929. The summed E-state index contributed by atoms with van der Waals surface area (Å²) in [4.78, 5) is 12.1. The van der Waals surface area contributed by atoms with E-state index in [1.165, 1.54) is 0 Å². The summed E-state index contributed by atoms with van der Waals surface area (Å²) in [7, 11) is -3.46. The van der Waals surface area contributed by atoms with E-state index in [4.69, 9.17) is 4.74 Å². The van der Waals surface area contributed by atoms with Crippen molar-refractivity contribution in [2.75, 3.05) is 0 Å². The Morgan fingerprint density at radius 1 is 1.20 bits per heavy atom. The maximum absolute atomic E-state index is 12.3. The number of hydrogen-bond acceptors (Lipinski definition) is 4. The summed E-state index contributed by atoms with van der Waals surface area (Å²) in [5.74, 6) is -0.657. The first-order valence-corrected chi connectivity index (χ1v) is 8.81. The first-order valence-electron chi connectivity index (χ1n) is 7.27. The maximum Gasteiger partial charge on any atom is 0.324 e. The minimum absolute atomic E-state index is 0.152. The molecular formula is C14H27NO4S. The highest BCUT2D eigenvalue weighted by Crippen LogP contribution is 2.25. The van der Waals surface area contributed by atoms with Crippen molar-refractivity contribution in [1.82, 2.24) is 4.72 Å². The van der Waals surface area contributed by atoms with E-state index in [1.54, 1.807) is 20.8 Å². The van der Waals surface area contributed by atoms with Crippen LogP contribution in [0.5, 0.6) is 0 Å². The van der Waals surface area contributed by atoms with Gasteiger partial charge in [0.1, 0.15) is 11.6 Å². The van der Waals surface area contributed by atoms with E-state index in [0.717, 1.165) is 12.8 Å². The SMILES string of the molecule is CC(C)[C@H](NS(=O)(=O)C1CCCC1)C(=O)OC(C)(C)C. The van der Waals surface area contributed by atoms with Crippen molar-refractivity contribution in [2.24, 2.45) is 5.92 Å². The van der Waals surface area contributed by atoms with Crippen LogP contribution in [0, 0.1) is 5.92 Å². The normalized spacial score (nSPS) is 19.3. The van der Waals surface area contributed by atoms with Crippen molar-refractivity contribution < 1.29 is 17.9 Å². The third-order valence-electron chi connectivity index (χ3n) is 3.36. The molecule has 5 nitrogen and oxygen atoms in total. The molecule has 20 heavy (non-hydrogen) atoms. The molecule has 0 aromatic rings. The molecule has 1 N–H and O–H groups in total. The third kappa shape index (κ3) is 5.05. The van der Waals surface area contributed by atoms with Crippen molar-refractivity contribution in [2.45, 2.75) is 77.2 Å². The van der Waals surface area contributed by atoms with Gasteiger partial charge in [-0.3, -0.25) is 4.79 Å². The number of nitrogens with one attached hydrogen (secondary N) is 1. The zero-order valence-electron chi connectivity index (χ0n) is 13.1. The Morgan fingerprint density at radius 2 is 1.70 bits per heavy atom. The van der Waals surface area contributed by atoms with Gasteiger partial charge in [0.2, 0.25) is 10.0 Å². The Kier molecular flexibility index (Phi) is 5.61. The number of carbonyl (C=O) groups is 1. The first kappa shape index (κ1) is 17.4. The van der Waals surface area contributed by atoms with Crippen molar-refractivity contribution in [3.63, 3.8) is 0 Å². The van der Waals surface area contributed by atoms with Gasteiger partial charge in [0.15, 0.2) is 0 Å². The highest BCUT2D eigenvalue weighted by Gasteiger charge is 2.36. The van der Waals surface area contributed by atoms with Crippen molar-refractivity contribution in [3.8, 4) is 0 Å². The monoisotopic (exact) mass is 305 g/mol. The van der Waals surface area contributed by atoms with Gasteiger partial charge in [-0.05, 0) is 39.5 Å². The maximum atomic E-state index is 12.3. The molecule has 0 aliphatic heterocycles. The van der Waals surface area contributed by atoms with Crippen LogP contribution < -0.4 is 4.72 Å². The molecule has 1 aliphatic rings. The Hall–Kier alpha value is -0.620. The summed E-state index contributed by atoms with van der Waals surface area (Å²) in [6.45, 7) is 8.94. The molecule has 6 heteroatoms. The lowest BCUT2D eigenvalue weighted by Crippen LogP contribution is -2.49. The summed E-state index contributed by atoms with van der Waals surface area (Å²) in [5, 5.41) is -0.369. The molecule has 0 aromatic heterocycles. The largest absolute Gasteiger partial charge is 0.459 e. The lowest BCUT2D eigenvalue weighted by Gasteiger charge is -2.27. The average Bonchev–Trinajstić information content (AvgIpc) is 2.76. The van der Waals surface area contributed by atoms with Crippen LogP contribution in [0.4, 0.5) is 0 Å². The van der Waals surface area contributed by atoms with Gasteiger partial charge in [-0.1, -0.05) is 26.7 Å². The van der Waals surface area contributed by atoms with Crippen LogP contribution in [0.3, 0.4) is 0 Å². The molecule has 0 aromatic carbocycles. The van der Waals surface area contributed by atoms with Crippen molar-refractivity contribution in [3.05, 3.63) is 0 Å². The zero-order valence-corrected chi connectivity index (χ0v) is 13.9. The lowest BCUT2D eigenvalue weighted by atomic mass is 10.1. The van der Waals surface area contributed by atoms with E-state index in [9.17, 15) is 13.2 Å². The number of esters is 1. The second-order valence-electron chi connectivity index (χ2n) is 6.82.